The number of ether oxygens (including phenoxy) is 1. The van der Waals surface area contributed by atoms with Gasteiger partial charge in [-0.1, -0.05) is 0 Å². The Morgan fingerprint density at radius 1 is 1.26 bits per heavy atom. The molecule has 6 nitrogen and oxygen atoms in total. The molecule has 1 aromatic heterocycles. The van der Waals surface area contributed by atoms with Gasteiger partial charge in [0, 0.05) is 31.1 Å². The number of halogens is 1. The van der Waals surface area contributed by atoms with Crippen molar-refractivity contribution in [2.45, 2.75) is 43.9 Å². The SMILES string of the molecule is O=C(O)CN1CCC2(CC1)OCCc1cc(C(=O)N3CCC(F)CC3)sc12. The van der Waals surface area contributed by atoms with Crippen LogP contribution in [0.2, 0.25) is 0 Å². The molecular weight excluding hydrogens is 371 g/mol. The number of rotatable bonds is 3. The molecule has 0 aromatic carbocycles. The molecule has 0 unspecified atom stereocenters. The van der Waals surface area contributed by atoms with E-state index >= 15 is 0 Å². The van der Waals surface area contributed by atoms with Crippen LogP contribution < -0.4 is 0 Å². The molecule has 0 aliphatic carbocycles. The zero-order valence-electron chi connectivity index (χ0n) is 15.3. The summed E-state index contributed by atoms with van der Waals surface area (Å²) >= 11 is 1.51. The number of alkyl halides is 1. The van der Waals surface area contributed by atoms with E-state index in [0.717, 1.165) is 29.0 Å². The molecule has 1 aromatic rings. The largest absolute Gasteiger partial charge is 0.480 e. The van der Waals surface area contributed by atoms with Crippen LogP contribution in [0.3, 0.4) is 0 Å². The highest BCUT2D eigenvalue weighted by Gasteiger charge is 2.43. The van der Waals surface area contributed by atoms with E-state index in [2.05, 4.69) is 0 Å². The average molecular weight is 396 g/mol. The molecule has 4 rings (SSSR count). The van der Waals surface area contributed by atoms with Crippen molar-refractivity contribution in [3.05, 3.63) is 21.4 Å². The van der Waals surface area contributed by atoms with Gasteiger partial charge >= 0.3 is 5.97 Å². The molecule has 27 heavy (non-hydrogen) atoms. The molecule has 3 aliphatic heterocycles. The molecule has 2 fully saturated rings. The second-order valence-corrected chi connectivity index (χ2v) is 8.75. The number of aliphatic carboxylic acids is 1. The fourth-order valence-electron chi connectivity index (χ4n) is 4.37. The van der Waals surface area contributed by atoms with Crippen LogP contribution in [0.5, 0.6) is 0 Å². The van der Waals surface area contributed by atoms with Gasteiger partial charge in [0.2, 0.25) is 0 Å². The maximum atomic E-state index is 13.4. The third-order valence-electron chi connectivity index (χ3n) is 5.92. The molecule has 1 amide bonds. The molecule has 8 heteroatoms. The first-order chi connectivity index (χ1) is 13.0. The number of carboxylic acids is 1. The van der Waals surface area contributed by atoms with Crippen molar-refractivity contribution in [2.75, 3.05) is 39.3 Å². The van der Waals surface area contributed by atoms with Crippen LogP contribution >= 0.6 is 11.3 Å². The lowest BCUT2D eigenvalue weighted by Gasteiger charge is -2.43. The Hall–Kier alpha value is -1.51. The number of likely N-dealkylation sites (tertiary alicyclic amines) is 2. The van der Waals surface area contributed by atoms with Crippen molar-refractivity contribution in [1.82, 2.24) is 9.80 Å². The summed E-state index contributed by atoms with van der Waals surface area (Å²) in [5, 5.41) is 8.99. The van der Waals surface area contributed by atoms with Crippen molar-refractivity contribution in [3.63, 3.8) is 0 Å². The minimum Gasteiger partial charge on any atom is -0.480 e. The molecule has 148 valence electrons. The number of fused-ring (bicyclic) bond motifs is 2. The monoisotopic (exact) mass is 396 g/mol. The number of carbonyl (C=O) groups is 2. The summed E-state index contributed by atoms with van der Waals surface area (Å²) in [6.07, 6.45) is 2.33. The van der Waals surface area contributed by atoms with E-state index in [0.29, 0.717) is 45.6 Å². The molecule has 1 spiro atoms. The fraction of sp³-hybridized carbons (Fsp3) is 0.684. The Morgan fingerprint density at radius 3 is 2.63 bits per heavy atom. The first-order valence-electron chi connectivity index (χ1n) is 9.61. The van der Waals surface area contributed by atoms with Gasteiger partial charge in [-0.2, -0.15) is 0 Å². The van der Waals surface area contributed by atoms with Crippen LogP contribution in [0.15, 0.2) is 6.07 Å². The van der Waals surface area contributed by atoms with Gasteiger partial charge in [-0.15, -0.1) is 11.3 Å². The van der Waals surface area contributed by atoms with E-state index in [1.54, 1.807) is 4.90 Å². The van der Waals surface area contributed by atoms with Crippen LogP contribution in [0.4, 0.5) is 4.39 Å². The third kappa shape index (κ3) is 3.75. The molecule has 2 saturated heterocycles. The van der Waals surface area contributed by atoms with Crippen molar-refractivity contribution in [3.8, 4) is 0 Å². The summed E-state index contributed by atoms with van der Waals surface area (Å²) in [5.74, 6) is -0.808. The molecule has 0 atom stereocenters. The average Bonchev–Trinajstić information content (AvgIpc) is 3.09. The lowest BCUT2D eigenvalue weighted by molar-refractivity contribution is -0.141. The number of piperidine rings is 2. The number of carboxylic acid groups (broad SMARTS) is 1. The van der Waals surface area contributed by atoms with Crippen LogP contribution in [-0.4, -0.2) is 72.3 Å². The van der Waals surface area contributed by atoms with Crippen molar-refractivity contribution in [1.29, 1.82) is 0 Å². The van der Waals surface area contributed by atoms with Crippen LogP contribution in [-0.2, 0) is 21.6 Å². The second-order valence-electron chi connectivity index (χ2n) is 7.69. The summed E-state index contributed by atoms with van der Waals surface area (Å²) in [7, 11) is 0. The van der Waals surface area contributed by atoms with Crippen LogP contribution in [0.1, 0.15) is 45.8 Å². The first-order valence-corrected chi connectivity index (χ1v) is 10.4. The lowest BCUT2D eigenvalue weighted by Crippen LogP contribution is -2.47. The number of thiophene rings is 1. The second kappa shape index (κ2) is 7.48. The predicted molar refractivity (Wildman–Crippen MR) is 99.0 cm³/mol. The summed E-state index contributed by atoms with van der Waals surface area (Å²) < 4.78 is 19.6. The topological polar surface area (TPSA) is 70.1 Å². The lowest BCUT2D eigenvalue weighted by atomic mass is 9.85. The number of hydrogen-bond donors (Lipinski definition) is 1. The van der Waals surface area contributed by atoms with Gasteiger partial charge in [0.25, 0.3) is 5.91 Å². The smallest absolute Gasteiger partial charge is 0.317 e. The van der Waals surface area contributed by atoms with Gasteiger partial charge in [0.15, 0.2) is 0 Å². The van der Waals surface area contributed by atoms with Gasteiger partial charge < -0.3 is 14.7 Å². The Kier molecular flexibility index (Phi) is 5.22. The number of hydrogen-bond acceptors (Lipinski definition) is 5. The van der Waals surface area contributed by atoms with E-state index in [9.17, 15) is 14.0 Å². The number of nitrogens with zero attached hydrogens (tertiary/aromatic N) is 2. The van der Waals surface area contributed by atoms with E-state index in [1.165, 1.54) is 16.9 Å². The zero-order valence-corrected chi connectivity index (χ0v) is 16.1. The Labute approximate surface area is 161 Å². The molecule has 4 heterocycles. The molecule has 3 aliphatic rings. The third-order valence-corrected chi connectivity index (χ3v) is 7.27. The highest BCUT2D eigenvalue weighted by Crippen LogP contribution is 2.45. The van der Waals surface area contributed by atoms with Gasteiger partial charge in [-0.3, -0.25) is 14.5 Å². The van der Waals surface area contributed by atoms with Crippen molar-refractivity contribution < 1.29 is 23.8 Å². The standard InChI is InChI=1S/C19H25FN2O4S/c20-14-1-6-22(7-2-14)18(25)15-11-13-3-10-26-19(17(13)27-15)4-8-21(9-5-19)12-16(23)24/h11,14H,1-10,12H2,(H,23,24). The minimum absolute atomic E-state index is 0.000219. The predicted octanol–water partition coefficient (Wildman–Crippen LogP) is 2.27. The Balaban J connectivity index is 1.51. The molecule has 0 saturated carbocycles. The number of amides is 1. The highest BCUT2D eigenvalue weighted by molar-refractivity contribution is 7.14. The van der Waals surface area contributed by atoms with Crippen LogP contribution in [0.25, 0.3) is 0 Å². The van der Waals surface area contributed by atoms with Crippen molar-refractivity contribution in [2.24, 2.45) is 0 Å². The summed E-state index contributed by atoms with van der Waals surface area (Å²) in [6, 6.07) is 2.00. The van der Waals surface area contributed by atoms with Crippen LogP contribution in [0, 0.1) is 0 Å². The summed E-state index contributed by atoms with van der Waals surface area (Å²) in [4.78, 5) is 29.4. The molecule has 0 radical (unpaired) electrons. The van der Waals surface area contributed by atoms with E-state index in [-0.39, 0.29) is 12.5 Å². The van der Waals surface area contributed by atoms with Gasteiger partial charge in [-0.25, -0.2) is 4.39 Å². The minimum atomic E-state index is -0.808. The highest BCUT2D eigenvalue weighted by atomic mass is 32.1. The summed E-state index contributed by atoms with van der Waals surface area (Å²) in [6.45, 7) is 3.00. The van der Waals surface area contributed by atoms with Gasteiger partial charge in [-0.05, 0) is 43.7 Å². The van der Waals surface area contributed by atoms with Gasteiger partial charge in [0.05, 0.1) is 18.0 Å². The molecular formula is C19H25FN2O4S. The normalized spacial score (nSPS) is 23.4. The van der Waals surface area contributed by atoms with E-state index < -0.39 is 17.7 Å². The maximum Gasteiger partial charge on any atom is 0.317 e. The van der Waals surface area contributed by atoms with Crippen molar-refractivity contribution >= 4 is 23.2 Å². The fourth-order valence-corrected chi connectivity index (χ4v) is 5.75. The molecule has 1 N–H and O–H groups in total. The zero-order chi connectivity index (χ0) is 19.0. The maximum absolute atomic E-state index is 13.4. The van der Waals surface area contributed by atoms with E-state index in [4.69, 9.17) is 9.84 Å². The van der Waals surface area contributed by atoms with Gasteiger partial charge in [0.1, 0.15) is 11.8 Å². The molecule has 0 bridgehead atoms. The Morgan fingerprint density at radius 2 is 1.96 bits per heavy atom. The summed E-state index contributed by atoms with van der Waals surface area (Å²) in [5.41, 5.74) is 0.791. The Bertz CT molecular complexity index is 721. The first kappa shape index (κ1) is 18.8. The van der Waals surface area contributed by atoms with E-state index in [1.807, 2.05) is 11.0 Å². The quantitative estimate of drug-likeness (QED) is 0.849. The number of carbonyl (C=O) groups excluding carboxylic acids is 1.